The predicted octanol–water partition coefficient (Wildman–Crippen LogP) is 3.34. The van der Waals surface area contributed by atoms with Gasteiger partial charge < -0.3 is 9.84 Å². The first-order chi connectivity index (χ1) is 10.4. The lowest BCUT2D eigenvalue weighted by Gasteiger charge is -2.26. The Morgan fingerprint density at radius 2 is 2.14 bits per heavy atom. The normalized spacial score (nSPS) is 17.6. The van der Waals surface area contributed by atoms with Crippen molar-refractivity contribution in [2.75, 3.05) is 19.6 Å². The van der Waals surface area contributed by atoms with Crippen molar-refractivity contribution in [1.82, 2.24) is 15.4 Å². The highest BCUT2D eigenvalue weighted by Crippen LogP contribution is 2.21. The van der Waals surface area contributed by atoms with Crippen molar-refractivity contribution in [2.24, 2.45) is 0 Å². The minimum atomic E-state index is 0. The number of rotatable bonds is 6. The Labute approximate surface area is 138 Å². The Morgan fingerprint density at radius 1 is 1.32 bits per heavy atom. The van der Waals surface area contributed by atoms with E-state index in [1.807, 2.05) is 18.2 Å². The van der Waals surface area contributed by atoms with Crippen LogP contribution in [-0.2, 0) is 6.54 Å². The molecule has 22 heavy (non-hydrogen) atoms. The van der Waals surface area contributed by atoms with Crippen molar-refractivity contribution >= 4 is 12.4 Å². The zero-order valence-corrected chi connectivity index (χ0v) is 13.8. The number of nitrogens with one attached hydrogen (secondary N) is 1. The molecule has 1 aromatic carbocycles. The van der Waals surface area contributed by atoms with Crippen LogP contribution in [-0.4, -0.2) is 35.7 Å². The van der Waals surface area contributed by atoms with Crippen LogP contribution in [0, 0.1) is 0 Å². The van der Waals surface area contributed by atoms with E-state index < -0.39 is 0 Å². The fourth-order valence-corrected chi connectivity index (χ4v) is 2.96. The third-order valence-electron chi connectivity index (χ3n) is 4.04. The summed E-state index contributed by atoms with van der Waals surface area (Å²) in [5.74, 6) is 0.853. The second-order valence-electron chi connectivity index (χ2n) is 5.67. The summed E-state index contributed by atoms with van der Waals surface area (Å²) >= 11 is 0. The molecule has 120 valence electrons. The largest absolute Gasteiger partial charge is 0.356 e. The summed E-state index contributed by atoms with van der Waals surface area (Å²) in [5, 5.41) is 7.69. The molecule has 0 spiro atoms. The zero-order chi connectivity index (χ0) is 14.5. The molecule has 2 heterocycles. The summed E-state index contributed by atoms with van der Waals surface area (Å²) in [7, 11) is 0. The molecule has 1 atom stereocenters. The third-order valence-corrected chi connectivity index (χ3v) is 4.04. The fraction of sp³-hybridized carbons (Fsp3) is 0.471. The van der Waals surface area contributed by atoms with Crippen molar-refractivity contribution in [3.05, 3.63) is 42.1 Å². The molecule has 0 bridgehead atoms. The number of benzene rings is 1. The van der Waals surface area contributed by atoms with Crippen molar-refractivity contribution in [2.45, 2.75) is 32.4 Å². The fourth-order valence-electron chi connectivity index (χ4n) is 2.96. The Kier molecular flexibility index (Phi) is 6.43. The minimum absolute atomic E-state index is 0. The first kappa shape index (κ1) is 17.0. The van der Waals surface area contributed by atoms with Gasteiger partial charge in [0.25, 0.3) is 0 Å². The van der Waals surface area contributed by atoms with Crippen LogP contribution in [0.5, 0.6) is 0 Å². The SMILES string of the molecule is CCCN(Cc1cc(-c2ccccc2)on1)C1CCNC1.Cl. The highest BCUT2D eigenvalue weighted by atomic mass is 35.5. The molecule has 0 amide bonds. The first-order valence-electron chi connectivity index (χ1n) is 7.82. The van der Waals surface area contributed by atoms with E-state index in [2.05, 4.69) is 40.5 Å². The Balaban J connectivity index is 0.00000176. The molecule has 3 rings (SSSR count). The van der Waals surface area contributed by atoms with E-state index in [0.29, 0.717) is 6.04 Å². The van der Waals surface area contributed by atoms with E-state index in [1.165, 1.54) is 12.8 Å². The zero-order valence-electron chi connectivity index (χ0n) is 13.0. The maximum atomic E-state index is 5.50. The maximum absolute atomic E-state index is 5.50. The summed E-state index contributed by atoms with van der Waals surface area (Å²) in [6.07, 6.45) is 2.39. The van der Waals surface area contributed by atoms with Gasteiger partial charge in [-0.1, -0.05) is 42.4 Å². The quantitative estimate of drug-likeness (QED) is 0.886. The van der Waals surface area contributed by atoms with E-state index in [9.17, 15) is 0 Å². The average Bonchev–Trinajstić information content (AvgIpc) is 3.19. The number of aromatic nitrogens is 1. The van der Waals surface area contributed by atoms with E-state index in [4.69, 9.17) is 4.52 Å². The standard InChI is InChI=1S/C17H23N3O.ClH/c1-2-10-20(16-8-9-18-12-16)13-15-11-17(21-19-15)14-6-4-3-5-7-14;/h3-7,11,16,18H,2,8-10,12-13H2,1H3;1H. The second kappa shape index (κ2) is 8.32. The van der Waals surface area contributed by atoms with Crippen molar-refractivity contribution in [3.63, 3.8) is 0 Å². The molecular weight excluding hydrogens is 298 g/mol. The number of halogens is 1. The summed E-state index contributed by atoms with van der Waals surface area (Å²) in [6, 6.07) is 12.8. The number of hydrogen-bond donors (Lipinski definition) is 1. The van der Waals surface area contributed by atoms with Gasteiger partial charge >= 0.3 is 0 Å². The molecule has 1 aromatic heterocycles. The molecule has 1 unspecified atom stereocenters. The molecule has 1 aliphatic heterocycles. The molecule has 4 nitrogen and oxygen atoms in total. The van der Waals surface area contributed by atoms with Gasteiger partial charge in [-0.3, -0.25) is 4.90 Å². The van der Waals surface area contributed by atoms with Gasteiger partial charge in [0.1, 0.15) is 0 Å². The number of nitrogens with zero attached hydrogens (tertiary/aromatic N) is 2. The van der Waals surface area contributed by atoms with Gasteiger partial charge in [0.2, 0.25) is 0 Å². The van der Waals surface area contributed by atoms with Gasteiger partial charge in [0.15, 0.2) is 5.76 Å². The monoisotopic (exact) mass is 321 g/mol. The first-order valence-corrected chi connectivity index (χ1v) is 7.82. The second-order valence-corrected chi connectivity index (χ2v) is 5.67. The highest BCUT2D eigenvalue weighted by molar-refractivity contribution is 5.85. The molecule has 1 fully saturated rings. The van der Waals surface area contributed by atoms with Gasteiger partial charge in [-0.2, -0.15) is 0 Å². The topological polar surface area (TPSA) is 41.3 Å². The summed E-state index contributed by atoms with van der Waals surface area (Å²) in [4.78, 5) is 2.52. The predicted molar refractivity (Wildman–Crippen MR) is 91.2 cm³/mol. The Hall–Kier alpha value is -1.36. The van der Waals surface area contributed by atoms with Crippen LogP contribution in [0.15, 0.2) is 40.9 Å². The lowest BCUT2D eigenvalue weighted by Crippen LogP contribution is -2.37. The van der Waals surface area contributed by atoms with Crippen LogP contribution in [0.3, 0.4) is 0 Å². The van der Waals surface area contributed by atoms with Crippen LogP contribution in [0.2, 0.25) is 0 Å². The average molecular weight is 322 g/mol. The van der Waals surface area contributed by atoms with E-state index in [0.717, 1.165) is 43.2 Å². The van der Waals surface area contributed by atoms with Crippen LogP contribution < -0.4 is 5.32 Å². The Morgan fingerprint density at radius 3 is 2.82 bits per heavy atom. The van der Waals surface area contributed by atoms with Crippen molar-refractivity contribution in [1.29, 1.82) is 0 Å². The molecular formula is C17H24ClN3O. The Bertz CT molecular complexity index is 552. The van der Waals surface area contributed by atoms with Gasteiger partial charge in [-0.05, 0) is 25.9 Å². The molecule has 1 aliphatic rings. The van der Waals surface area contributed by atoms with Gasteiger partial charge in [-0.15, -0.1) is 12.4 Å². The van der Waals surface area contributed by atoms with Gasteiger partial charge in [0, 0.05) is 30.8 Å². The lowest BCUT2D eigenvalue weighted by atomic mass is 10.1. The third kappa shape index (κ3) is 4.09. The summed E-state index contributed by atoms with van der Waals surface area (Å²) < 4.78 is 5.50. The highest BCUT2D eigenvalue weighted by Gasteiger charge is 2.22. The van der Waals surface area contributed by atoms with Gasteiger partial charge in [0.05, 0.1) is 5.69 Å². The number of hydrogen-bond acceptors (Lipinski definition) is 4. The summed E-state index contributed by atoms with van der Waals surface area (Å²) in [5.41, 5.74) is 2.11. The molecule has 0 saturated carbocycles. The van der Waals surface area contributed by atoms with E-state index >= 15 is 0 Å². The lowest BCUT2D eigenvalue weighted by molar-refractivity contribution is 0.194. The molecule has 5 heteroatoms. The van der Waals surface area contributed by atoms with E-state index in [1.54, 1.807) is 0 Å². The smallest absolute Gasteiger partial charge is 0.167 e. The van der Waals surface area contributed by atoms with Crippen LogP contribution in [0.4, 0.5) is 0 Å². The molecule has 1 saturated heterocycles. The summed E-state index contributed by atoms with van der Waals surface area (Å²) in [6.45, 7) is 6.42. The minimum Gasteiger partial charge on any atom is -0.356 e. The molecule has 0 radical (unpaired) electrons. The van der Waals surface area contributed by atoms with Crippen molar-refractivity contribution in [3.8, 4) is 11.3 Å². The van der Waals surface area contributed by atoms with Crippen LogP contribution in [0.25, 0.3) is 11.3 Å². The van der Waals surface area contributed by atoms with Gasteiger partial charge in [-0.25, -0.2) is 0 Å². The molecule has 0 aliphatic carbocycles. The maximum Gasteiger partial charge on any atom is 0.167 e. The molecule has 2 aromatic rings. The molecule has 1 N–H and O–H groups in total. The van der Waals surface area contributed by atoms with Crippen LogP contribution >= 0.6 is 12.4 Å². The van der Waals surface area contributed by atoms with E-state index in [-0.39, 0.29) is 12.4 Å². The van der Waals surface area contributed by atoms with Crippen LogP contribution in [0.1, 0.15) is 25.5 Å². The van der Waals surface area contributed by atoms with Crippen molar-refractivity contribution < 1.29 is 4.52 Å².